The zero-order valence-corrected chi connectivity index (χ0v) is 11.1. The molecule has 0 bridgehead atoms. The van der Waals surface area contributed by atoms with Gasteiger partial charge in [-0.2, -0.15) is 10.5 Å². The van der Waals surface area contributed by atoms with Crippen molar-refractivity contribution in [1.29, 1.82) is 10.5 Å². The van der Waals surface area contributed by atoms with Crippen molar-refractivity contribution in [2.24, 2.45) is 0 Å². The molecule has 0 rings (SSSR count). The van der Waals surface area contributed by atoms with Crippen LogP contribution in [0.15, 0.2) is 0 Å². The molecule has 0 radical (unpaired) electrons. The highest BCUT2D eigenvalue weighted by molar-refractivity contribution is 8.48. The van der Waals surface area contributed by atoms with Crippen molar-refractivity contribution in [2.75, 3.05) is 0 Å². The molecule has 0 heterocycles. The van der Waals surface area contributed by atoms with Crippen molar-refractivity contribution in [1.82, 2.24) is 0 Å². The number of nitriles is 2. The molecule has 0 amide bonds. The Balaban J connectivity index is 4.30. The van der Waals surface area contributed by atoms with Gasteiger partial charge in [0.2, 0.25) is 0 Å². The van der Waals surface area contributed by atoms with E-state index in [9.17, 15) is 0 Å². The Morgan fingerprint density at radius 1 is 1.00 bits per heavy atom. The summed E-state index contributed by atoms with van der Waals surface area (Å²) in [7, 11) is 0. The van der Waals surface area contributed by atoms with E-state index in [1.165, 1.54) is 23.5 Å². The molecule has 0 spiro atoms. The minimum Gasteiger partial charge on any atom is -0.197 e. The Bertz CT molecular complexity index is 277. The second kappa shape index (κ2) is 5.02. The first-order valence-corrected chi connectivity index (χ1v) is 6.01. The van der Waals surface area contributed by atoms with Crippen molar-refractivity contribution in [3.63, 3.8) is 0 Å². The highest BCUT2D eigenvalue weighted by atomic mass is 32.2. The minimum atomic E-state index is -0.518. The van der Waals surface area contributed by atoms with E-state index < -0.39 is 9.49 Å². The van der Waals surface area contributed by atoms with Crippen LogP contribution >= 0.6 is 35.7 Å². The van der Waals surface area contributed by atoms with Crippen LogP contribution in [-0.4, -0.2) is 13.0 Å². The fraction of sp³-hybridized carbons (Fsp3) is 0.667. The van der Waals surface area contributed by atoms with Gasteiger partial charge in [-0.25, -0.2) is 0 Å². The topological polar surface area (TPSA) is 47.6 Å². The molecule has 0 aromatic rings. The fourth-order valence-electron chi connectivity index (χ4n) is 0.483. The standard InChI is InChI=1S/C9H12N2S3/c1-8(2,5-10)13-7(12)14-9(3,4)6-11/h1-4H3. The molecule has 0 saturated carbocycles. The van der Waals surface area contributed by atoms with Gasteiger partial charge >= 0.3 is 0 Å². The van der Waals surface area contributed by atoms with Gasteiger partial charge in [-0.05, 0) is 27.7 Å². The van der Waals surface area contributed by atoms with E-state index >= 15 is 0 Å². The maximum absolute atomic E-state index is 8.79. The number of thiocarbonyl (C=S) groups is 1. The average molecular weight is 244 g/mol. The molecule has 0 unspecified atom stereocenters. The van der Waals surface area contributed by atoms with Gasteiger partial charge in [0.05, 0.1) is 12.1 Å². The second-order valence-electron chi connectivity index (χ2n) is 3.70. The van der Waals surface area contributed by atoms with Gasteiger partial charge in [-0.15, -0.1) is 0 Å². The molecule has 14 heavy (non-hydrogen) atoms. The lowest BCUT2D eigenvalue weighted by molar-refractivity contribution is 0.918. The van der Waals surface area contributed by atoms with Crippen molar-refractivity contribution >= 4 is 39.3 Å². The summed E-state index contributed by atoms with van der Waals surface area (Å²) in [5.41, 5.74) is 0. The summed E-state index contributed by atoms with van der Waals surface area (Å²) in [5.74, 6) is 0. The van der Waals surface area contributed by atoms with Crippen LogP contribution in [0.1, 0.15) is 27.7 Å². The first kappa shape index (κ1) is 13.8. The first-order valence-electron chi connectivity index (χ1n) is 3.97. The molecule has 0 aliphatic rings. The molecule has 0 atom stereocenters. The summed E-state index contributed by atoms with van der Waals surface area (Å²) in [4.78, 5) is 0. The lowest BCUT2D eigenvalue weighted by Gasteiger charge is -2.19. The van der Waals surface area contributed by atoms with Gasteiger partial charge in [-0.1, -0.05) is 35.7 Å². The van der Waals surface area contributed by atoms with Crippen LogP contribution in [-0.2, 0) is 0 Å². The third kappa shape index (κ3) is 5.49. The van der Waals surface area contributed by atoms with Gasteiger partial charge in [0, 0.05) is 0 Å². The van der Waals surface area contributed by atoms with Crippen molar-refractivity contribution in [2.45, 2.75) is 37.2 Å². The second-order valence-corrected chi connectivity index (χ2v) is 8.15. The summed E-state index contributed by atoms with van der Waals surface area (Å²) in [6, 6.07) is 4.31. The molecule has 76 valence electrons. The van der Waals surface area contributed by atoms with Gasteiger partial charge < -0.3 is 0 Å². The molecular formula is C9H12N2S3. The minimum absolute atomic E-state index is 0.518. The molecule has 2 nitrogen and oxygen atoms in total. The van der Waals surface area contributed by atoms with Crippen LogP contribution in [0.4, 0.5) is 0 Å². The van der Waals surface area contributed by atoms with Crippen molar-refractivity contribution < 1.29 is 0 Å². The van der Waals surface area contributed by atoms with E-state index in [-0.39, 0.29) is 0 Å². The molecular weight excluding hydrogens is 232 g/mol. The first-order chi connectivity index (χ1) is 6.22. The number of hydrogen-bond acceptors (Lipinski definition) is 5. The van der Waals surface area contributed by atoms with Crippen molar-refractivity contribution in [3.05, 3.63) is 0 Å². The van der Waals surface area contributed by atoms with Gasteiger partial charge in [-0.3, -0.25) is 0 Å². The average Bonchev–Trinajstić information content (AvgIpc) is 2.02. The Morgan fingerprint density at radius 2 is 1.29 bits per heavy atom. The zero-order chi connectivity index (χ0) is 11.4. The van der Waals surface area contributed by atoms with E-state index in [0.29, 0.717) is 3.53 Å². The van der Waals surface area contributed by atoms with Crippen LogP contribution in [0.25, 0.3) is 0 Å². The summed E-state index contributed by atoms with van der Waals surface area (Å²) in [6.45, 7) is 7.24. The van der Waals surface area contributed by atoms with Crippen LogP contribution in [0.3, 0.4) is 0 Å². The Morgan fingerprint density at radius 3 is 1.50 bits per heavy atom. The zero-order valence-electron chi connectivity index (χ0n) is 8.62. The third-order valence-electron chi connectivity index (χ3n) is 1.22. The van der Waals surface area contributed by atoms with Crippen LogP contribution < -0.4 is 0 Å². The molecule has 0 aromatic carbocycles. The van der Waals surface area contributed by atoms with Gasteiger partial charge in [0.25, 0.3) is 0 Å². The quantitative estimate of drug-likeness (QED) is 0.697. The fourth-order valence-corrected chi connectivity index (χ4v) is 4.07. The summed E-state index contributed by atoms with van der Waals surface area (Å²) in [6.07, 6.45) is 0. The van der Waals surface area contributed by atoms with Crippen LogP contribution in [0.5, 0.6) is 0 Å². The number of hydrogen-bond donors (Lipinski definition) is 0. The van der Waals surface area contributed by atoms with Crippen molar-refractivity contribution in [3.8, 4) is 12.1 Å². The number of nitrogens with zero attached hydrogens (tertiary/aromatic N) is 2. The van der Waals surface area contributed by atoms with E-state index in [1.54, 1.807) is 0 Å². The van der Waals surface area contributed by atoms with E-state index in [4.69, 9.17) is 22.7 Å². The maximum Gasteiger partial charge on any atom is 0.107 e. The number of rotatable bonds is 2. The third-order valence-corrected chi connectivity index (χ3v) is 3.75. The Hall–Kier alpha value is -0.230. The summed E-state index contributed by atoms with van der Waals surface area (Å²) >= 11 is 7.76. The molecule has 0 N–H and O–H groups in total. The van der Waals surface area contributed by atoms with E-state index in [2.05, 4.69) is 12.1 Å². The SMILES string of the molecule is CC(C)(C#N)SC(=S)SC(C)(C)C#N. The van der Waals surface area contributed by atoms with E-state index in [0.717, 1.165) is 0 Å². The monoisotopic (exact) mass is 244 g/mol. The normalized spacial score (nSPS) is 11.6. The lowest BCUT2D eigenvalue weighted by atomic mass is 10.2. The highest BCUT2D eigenvalue weighted by Gasteiger charge is 2.25. The summed E-state index contributed by atoms with van der Waals surface area (Å²) in [5, 5.41) is 17.6. The molecule has 0 aromatic heterocycles. The maximum atomic E-state index is 8.79. The van der Waals surface area contributed by atoms with Crippen LogP contribution in [0, 0.1) is 22.7 Å². The largest absolute Gasteiger partial charge is 0.197 e. The van der Waals surface area contributed by atoms with Crippen LogP contribution in [0.2, 0.25) is 0 Å². The molecule has 0 aliphatic carbocycles. The molecule has 0 saturated heterocycles. The summed E-state index contributed by atoms with van der Waals surface area (Å²) < 4.78 is -0.395. The van der Waals surface area contributed by atoms with Gasteiger partial charge in [0.15, 0.2) is 0 Å². The Labute approximate surface area is 99.0 Å². The predicted octanol–water partition coefficient (Wildman–Crippen LogP) is 3.34. The Kier molecular flexibility index (Phi) is 4.94. The highest BCUT2D eigenvalue weighted by Crippen LogP contribution is 2.35. The van der Waals surface area contributed by atoms with E-state index in [1.807, 2.05) is 27.7 Å². The molecule has 0 aliphatic heterocycles. The molecule has 0 fully saturated rings. The van der Waals surface area contributed by atoms with Gasteiger partial charge in [0.1, 0.15) is 13.0 Å². The molecule has 5 heteroatoms. The smallest absolute Gasteiger partial charge is 0.107 e. The predicted molar refractivity (Wildman–Crippen MR) is 67.2 cm³/mol. The number of thioether (sulfide) groups is 2. The lowest BCUT2D eigenvalue weighted by Crippen LogP contribution is -2.17.